The Labute approximate surface area is 126 Å². The van der Waals surface area contributed by atoms with E-state index in [0.717, 1.165) is 27.5 Å². The summed E-state index contributed by atoms with van der Waals surface area (Å²) in [6, 6.07) is 12.6. The molecule has 0 radical (unpaired) electrons. The molecule has 2 aromatic rings. The van der Waals surface area contributed by atoms with Crippen LogP contribution >= 0.6 is 15.9 Å². The SMILES string of the molecule is O=C(CCNC1CC1)Nc1ccc(Br)c2ccccc12. The molecule has 3 nitrogen and oxygen atoms in total. The zero-order valence-electron chi connectivity index (χ0n) is 11.2. The maximum absolute atomic E-state index is 12.0. The maximum Gasteiger partial charge on any atom is 0.225 e. The second-order valence-electron chi connectivity index (χ2n) is 5.17. The number of hydrogen-bond donors (Lipinski definition) is 2. The minimum atomic E-state index is 0.0608. The third kappa shape index (κ3) is 3.19. The van der Waals surface area contributed by atoms with Crippen LogP contribution in [0.2, 0.25) is 0 Å². The second kappa shape index (κ2) is 5.94. The molecule has 0 atom stereocenters. The lowest BCUT2D eigenvalue weighted by molar-refractivity contribution is -0.116. The molecule has 4 heteroatoms. The van der Waals surface area contributed by atoms with Crippen LogP contribution in [-0.2, 0) is 4.79 Å². The van der Waals surface area contributed by atoms with E-state index in [1.807, 2.05) is 36.4 Å². The van der Waals surface area contributed by atoms with Gasteiger partial charge < -0.3 is 10.6 Å². The molecule has 104 valence electrons. The Balaban J connectivity index is 1.70. The van der Waals surface area contributed by atoms with Crippen LogP contribution in [-0.4, -0.2) is 18.5 Å². The van der Waals surface area contributed by atoms with E-state index in [2.05, 4.69) is 26.6 Å². The van der Waals surface area contributed by atoms with Crippen LogP contribution < -0.4 is 10.6 Å². The smallest absolute Gasteiger partial charge is 0.225 e. The fourth-order valence-electron chi connectivity index (χ4n) is 2.26. The van der Waals surface area contributed by atoms with Gasteiger partial charge >= 0.3 is 0 Å². The van der Waals surface area contributed by atoms with Crippen molar-refractivity contribution < 1.29 is 4.79 Å². The molecule has 1 aliphatic rings. The lowest BCUT2D eigenvalue weighted by atomic mass is 10.1. The first-order valence-corrected chi connectivity index (χ1v) is 7.74. The molecule has 0 aromatic heterocycles. The average Bonchev–Trinajstić information content (AvgIpc) is 3.27. The Morgan fingerprint density at radius 2 is 1.90 bits per heavy atom. The third-order valence-electron chi connectivity index (χ3n) is 3.51. The molecular formula is C16H17BrN2O. The monoisotopic (exact) mass is 332 g/mol. The quantitative estimate of drug-likeness (QED) is 0.876. The van der Waals surface area contributed by atoms with E-state index in [1.165, 1.54) is 12.8 Å². The van der Waals surface area contributed by atoms with Crippen LogP contribution in [0, 0.1) is 0 Å². The van der Waals surface area contributed by atoms with E-state index >= 15 is 0 Å². The largest absolute Gasteiger partial charge is 0.325 e. The van der Waals surface area contributed by atoms with Crippen LogP contribution in [0.1, 0.15) is 19.3 Å². The number of halogens is 1. The molecule has 0 heterocycles. The van der Waals surface area contributed by atoms with Gasteiger partial charge in [0.15, 0.2) is 0 Å². The first-order valence-electron chi connectivity index (χ1n) is 6.94. The molecule has 1 aliphatic carbocycles. The summed E-state index contributed by atoms with van der Waals surface area (Å²) >= 11 is 3.54. The summed E-state index contributed by atoms with van der Waals surface area (Å²) in [6.07, 6.45) is 3.01. The minimum absolute atomic E-state index is 0.0608. The second-order valence-corrected chi connectivity index (χ2v) is 6.02. The van der Waals surface area contributed by atoms with Crippen LogP contribution in [0.5, 0.6) is 0 Å². The Bertz CT molecular complexity index is 637. The van der Waals surface area contributed by atoms with Crippen molar-refractivity contribution in [2.24, 2.45) is 0 Å². The van der Waals surface area contributed by atoms with Gasteiger partial charge in [-0.2, -0.15) is 0 Å². The van der Waals surface area contributed by atoms with E-state index in [9.17, 15) is 4.79 Å². The lowest BCUT2D eigenvalue weighted by Crippen LogP contribution is -2.23. The number of fused-ring (bicyclic) bond motifs is 1. The predicted octanol–water partition coefficient (Wildman–Crippen LogP) is 3.68. The van der Waals surface area contributed by atoms with Gasteiger partial charge in [0.25, 0.3) is 0 Å². The normalized spacial score (nSPS) is 14.4. The number of amides is 1. The molecule has 1 saturated carbocycles. The van der Waals surface area contributed by atoms with Crippen molar-refractivity contribution in [2.75, 3.05) is 11.9 Å². The van der Waals surface area contributed by atoms with Crippen LogP contribution in [0.4, 0.5) is 5.69 Å². The number of rotatable bonds is 5. The molecule has 0 spiro atoms. The van der Waals surface area contributed by atoms with E-state index < -0.39 is 0 Å². The summed E-state index contributed by atoms with van der Waals surface area (Å²) in [7, 11) is 0. The highest BCUT2D eigenvalue weighted by Crippen LogP contribution is 2.30. The van der Waals surface area contributed by atoms with Gasteiger partial charge in [0, 0.05) is 34.6 Å². The van der Waals surface area contributed by atoms with Crippen molar-refractivity contribution in [3.63, 3.8) is 0 Å². The molecule has 20 heavy (non-hydrogen) atoms. The Morgan fingerprint density at radius 1 is 1.15 bits per heavy atom. The van der Waals surface area contributed by atoms with Crippen LogP contribution in [0.25, 0.3) is 10.8 Å². The molecule has 0 bridgehead atoms. The van der Waals surface area contributed by atoms with Crippen LogP contribution in [0.3, 0.4) is 0 Å². The van der Waals surface area contributed by atoms with Crippen molar-refractivity contribution in [1.82, 2.24) is 5.32 Å². The number of nitrogens with one attached hydrogen (secondary N) is 2. The van der Waals surface area contributed by atoms with Crippen molar-refractivity contribution >= 4 is 38.3 Å². The van der Waals surface area contributed by atoms with Crippen LogP contribution in [0.15, 0.2) is 40.9 Å². The molecule has 1 fully saturated rings. The first-order chi connectivity index (χ1) is 9.74. The number of anilines is 1. The molecule has 1 amide bonds. The standard InChI is InChI=1S/C16H17BrN2O/c17-14-7-8-15(13-4-2-1-3-12(13)14)19-16(20)9-10-18-11-5-6-11/h1-4,7-8,11,18H,5-6,9-10H2,(H,19,20). The summed E-state index contributed by atoms with van der Waals surface area (Å²) < 4.78 is 1.04. The molecule has 2 aromatic carbocycles. The highest BCUT2D eigenvalue weighted by molar-refractivity contribution is 9.10. The van der Waals surface area contributed by atoms with E-state index in [4.69, 9.17) is 0 Å². The molecular weight excluding hydrogens is 316 g/mol. The molecule has 0 saturated heterocycles. The fourth-order valence-corrected chi connectivity index (χ4v) is 2.74. The third-order valence-corrected chi connectivity index (χ3v) is 4.20. The van der Waals surface area contributed by atoms with Crippen molar-refractivity contribution in [1.29, 1.82) is 0 Å². The summed E-state index contributed by atoms with van der Waals surface area (Å²) in [5.41, 5.74) is 0.875. The van der Waals surface area contributed by atoms with Crippen molar-refractivity contribution in [3.05, 3.63) is 40.9 Å². The topological polar surface area (TPSA) is 41.1 Å². The van der Waals surface area contributed by atoms with Gasteiger partial charge in [-0.1, -0.05) is 40.2 Å². The Hall–Kier alpha value is -1.39. The fraction of sp³-hybridized carbons (Fsp3) is 0.312. The molecule has 0 aliphatic heterocycles. The van der Waals surface area contributed by atoms with Crippen molar-refractivity contribution in [2.45, 2.75) is 25.3 Å². The number of benzene rings is 2. The van der Waals surface area contributed by atoms with Gasteiger partial charge in [0.05, 0.1) is 0 Å². The highest BCUT2D eigenvalue weighted by atomic mass is 79.9. The summed E-state index contributed by atoms with van der Waals surface area (Å²) in [4.78, 5) is 12.0. The highest BCUT2D eigenvalue weighted by Gasteiger charge is 2.20. The zero-order chi connectivity index (χ0) is 13.9. The van der Waals surface area contributed by atoms with Gasteiger partial charge in [0.1, 0.15) is 0 Å². The van der Waals surface area contributed by atoms with E-state index in [0.29, 0.717) is 12.5 Å². The lowest BCUT2D eigenvalue weighted by Gasteiger charge is -2.10. The average molecular weight is 333 g/mol. The number of carbonyl (C=O) groups excluding carboxylic acids is 1. The maximum atomic E-state index is 12.0. The number of carbonyl (C=O) groups is 1. The minimum Gasteiger partial charge on any atom is -0.325 e. The predicted molar refractivity (Wildman–Crippen MR) is 85.9 cm³/mol. The first kappa shape index (κ1) is 13.6. The van der Waals surface area contributed by atoms with Gasteiger partial charge in [-0.3, -0.25) is 4.79 Å². The Morgan fingerprint density at radius 3 is 2.65 bits per heavy atom. The van der Waals surface area contributed by atoms with E-state index in [-0.39, 0.29) is 5.91 Å². The van der Waals surface area contributed by atoms with E-state index in [1.54, 1.807) is 0 Å². The molecule has 3 rings (SSSR count). The van der Waals surface area contributed by atoms with Gasteiger partial charge in [0.2, 0.25) is 5.91 Å². The number of hydrogen-bond acceptors (Lipinski definition) is 2. The molecule has 0 unspecified atom stereocenters. The summed E-state index contributed by atoms with van der Waals surface area (Å²) in [5, 5.41) is 8.53. The summed E-state index contributed by atoms with van der Waals surface area (Å²) in [6.45, 7) is 0.755. The summed E-state index contributed by atoms with van der Waals surface area (Å²) in [5.74, 6) is 0.0608. The van der Waals surface area contributed by atoms with Gasteiger partial charge in [-0.25, -0.2) is 0 Å². The zero-order valence-corrected chi connectivity index (χ0v) is 12.7. The van der Waals surface area contributed by atoms with Gasteiger partial charge in [-0.15, -0.1) is 0 Å². The Kier molecular flexibility index (Phi) is 4.03. The molecule has 2 N–H and O–H groups in total. The van der Waals surface area contributed by atoms with Gasteiger partial charge in [-0.05, 0) is 30.4 Å². The van der Waals surface area contributed by atoms with Crippen molar-refractivity contribution in [3.8, 4) is 0 Å².